The Balaban J connectivity index is 3.29. The molecule has 0 atom stereocenters. The number of carbonyl (C=O) groups is 2. The number of carboxylic acids is 1. The third-order valence-electron chi connectivity index (χ3n) is 3.34. The Morgan fingerprint density at radius 1 is 0.810 bits per heavy atom. The maximum absolute atomic E-state index is 10.8. The quantitative estimate of drug-likeness (QED) is 0.277. The van der Waals surface area contributed by atoms with Gasteiger partial charge >= 0.3 is 5.97 Å². The van der Waals surface area contributed by atoms with Crippen molar-refractivity contribution in [3.63, 3.8) is 0 Å². The van der Waals surface area contributed by atoms with E-state index in [1.165, 1.54) is 25.7 Å². The van der Waals surface area contributed by atoms with E-state index in [9.17, 15) is 9.59 Å². The molecule has 0 amide bonds. The summed E-state index contributed by atoms with van der Waals surface area (Å²) in [4.78, 5) is 21.1. The lowest BCUT2D eigenvalue weighted by Crippen LogP contribution is -2.11. The van der Waals surface area contributed by atoms with Gasteiger partial charge in [-0.05, 0) is 38.5 Å². The minimum Gasteiger partial charge on any atom is -0.476 e. The molecule has 3 nitrogen and oxygen atoms in total. The van der Waals surface area contributed by atoms with E-state index in [-0.39, 0.29) is 6.42 Å². The van der Waals surface area contributed by atoms with Gasteiger partial charge in [-0.25, -0.2) is 4.79 Å². The number of Topliss-reactive ketones (excluding diaryl/α,β-unsaturated/α-hetero) is 1. The molecular weight excluding hydrogens is 264 g/mol. The number of carbonyl (C=O) groups excluding carboxylic acids is 1. The molecule has 0 saturated heterocycles. The molecule has 21 heavy (non-hydrogen) atoms. The number of carboxylic acid groups (broad SMARTS) is 1. The van der Waals surface area contributed by atoms with Crippen LogP contribution in [0.4, 0.5) is 0 Å². The van der Waals surface area contributed by atoms with Crippen LogP contribution >= 0.6 is 0 Å². The van der Waals surface area contributed by atoms with Gasteiger partial charge in [-0.3, -0.25) is 4.79 Å². The summed E-state index contributed by atoms with van der Waals surface area (Å²) in [6.45, 7) is 2.22. The van der Waals surface area contributed by atoms with Crippen LogP contribution in [0.5, 0.6) is 0 Å². The molecule has 0 bridgehead atoms. The van der Waals surface area contributed by atoms with Crippen LogP contribution in [0.25, 0.3) is 0 Å². The number of ketones is 1. The van der Waals surface area contributed by atoms with Gasteiger partial charge in [0.25, 0.3) is 0 Å². The molecule has 0 aliphatic heterocycles. The summed E-state index contributed by atoms with van der Waals surface area (Å²) in [5.41, 5.74) is 0. The summed E-state index contributed by atoms with van der Waals surface area (Å²) in [6, 6.07) is 0. The van der Waals surface area contributed by atoms with Gasteiger partial charge < -0.3 is 5.11 Å². The largest absolute Gasteiger partial charge is 0.476 e. The highest BCUT2D eigenvalue weighted by atomic mass is 16.4. The Hall–Kier alpha value is -1.38. The van der Waals surface area contributed by atoms with Gasteiger partial charge in [0.1, 0.15) is 0 Å². The summed E-state index contributed by atoms with van der Waals surface area (Å²) < 4.78 is 0. The van der Waals surface area contributed by atoms with E-state index in [1.807, 2.05) is 0 Å². The first-order valence-electron chi connectivity index (χ1n) is 8.24. The van der Waals surface area contributed by atoms with Gasteiger partial charge in [-0.2, -0.15) is 0 Å². The molecule has 0 fully saturated rings. The Labute approximate surface area is 129 Å². The summed E-state index contributed by atoms with van der Waals surface area (Å²) >= 11 is 0. The molecule has 3 heteroatoms. The normalized spacial score (nSPS) is 11.5. The van der Waals surface area contributed by atoms with Crippen LogP contribution in [-0.4, -0.2) is 16.9 Å². The molecule has 0 aliphatic rings. The van der Waals surface area contributed by atoms with Crippen LogP contribution in [0.15, 0.2) is 24.3 Å². The molecule has 0 rings (SSSR count). The molecule has 0 spiro atoms. The van der Waals surface area contributed by atoms with Crippen molar-refractivity contribution in [2.45, 2.75) is 77.6 Å². The average molecular weight is 294 g/mol. The first-order valence-corrected chi connectivity index (χ1v) is 8.24. The third kappa shape index (κ3) is 14.8. The Morgan fingerprint density at radius 3 is 1.95 bits per heavy atom. The van der Waals surface area contributed by atoms with Crippen molar-refractivity contribution in [3.05, 3.63) is 24.3 Å². The second kappa shape index (κ2) is 15.0. The molecule has 0 aliphatic carbocycles. The van der Waals surface area contributed by atoms with Crippen molar-refractivity contribution in [1.29, 1.82) is 0 Å². The zero-order chi connectivity index (χ0) is 15.8. The predicted molar refractivity (Wildman–Crippen MR) is 87.4 cm³/mol. The highest BCUT2D eigenvalue weighted by Gasteiger charge is 2.09. The minimum absolute atomic E-state index is 0.175. The summed E-state index contributed by atoms with van der Waals surface area (Å²) in [7, 11) is 0. The van der Waals surface area contributed by atoms with E-state index in [1.54, 1.807) is 0 Å². The van der Waals surface area contributed by atoms with Gasteiger partial charge in [0.15, 0.2) is 0 Å². The maximum Gasteiger partial charge on any atom is 0.372 e. The van der Waals surface area contributed by atoms with Crippen molar-refractivity contribution in [1.82, 2.24) is 0 Å². The second-order valence-electron chi connectivity index (χ2n) is 5.36. The number of aliphatic carboxylic acids is 1. The van der Waals surface area contributed by atoms with Gasteiger partial charge in [-0.1, -0.05) is 56.9 Å². The standard InChI is InChI=1S/C18H30O3/c1-2-3-4-5-6-7-8-9-10-11-12-13-14-15-16-17(19)18(20)21/h6-7,9-10H,2-5,8,11-16H2,1H3,(H,20,21). The molecule has 1 N–H and O–H groups in total. The van der Waals surface area contributed by atoms with Crippen molar-refractivity contribution >= 4 is 11.8 Å². The van der Waals surface area contributed by atoms with E-state index in [4.69, 9.17) is 5.11 Å². The summed E-state index contributed by atoms with van der Waals surface area (Å²) in [5, 5.41) is 8.42. The first kappa shape index (κ1) is 19.6. The summed E-state index contributed by atoms with van der Waals surface area (Å²) in [6.07, 6.45) is 20.0. The van der Waals surface area contributed by atoms with Gasteiger partial charge in [-0.15, -0.1) is 0 Å². The molecule has 0 aromatic heterocycles. The van der Waals surface area contributed by atoms with Gasteiger partial charge in [0.2, 0.25) is 5.78 Å². The first-order chi connectivity index (χ1) is 10.2. The Morgan fingerprint density at radius 2 is 1.38 bits per heavy atom. The molecule has 0 saturated carbocycles. The molecule has 0 aromatic rings. The van der Waals surface area contributed by atoms with Crippen LogP contribution in [0.2, 0.25) is 0 Å². The fourth-order valence-electron chi connectivity index (χ4n) is 2.03. The Kier molecular flexibility index (Phi) is 14.0. The van der Waals surface area contributed by atoms with Crippen LogP contribution in [0, 0.1) is 0 Å². The lowest BCUT2D eigenvalue weighted by Gasteiger charge is -1.97. The van der Waals surface area contributed by atoms with E-state index >= 15 is 0 Å². The lowest BCUT2D eigenvalue weighted by molar-refractivity contribution is -0.149. The fourth-order valence-corrected chi connectivity index (χ4v) is 2.03. The van der Waals surface area contributed by atoms with E-state index in [0.29, 0.717) is 6.42 Å². The second-order valence-corrected chi connectivity index (χ2v) is 5.36. The SMILES string of the molecule is CCCCCC=CCC=CCCCCCCC(=O)C(=O)O. The van der Waals surface area contributed by atoms with Crippen molar-refractivity contribution in [2.75, 3.05) is 0 Å². The van der Waals surface area contributed by atoms with Crippen molar-refractivity contribution < 1.29 is 14.7 Å². The monoisotopic (exact) mass is 294 g/mol. The van der Waals surface area contributed by atoms with Crippen LogP contribution in [0.1, 0.15) is 77.6 Å². The van der Waals surface area contributed by atoms with Crippen LogP contribution in [0.3, 0.4) is 0 Å². The average Bonchev–Trinajstić information content (AvgIpc) is 2.47. The smallest absolute Gasteiger partial charge is 0.372 e. The lowest BCUT2D eigenvalue weighted by atomic mass is 10.1. The van der Waals surface area contributed by atoms with E-state index < -0.39 is 11.8 Å². The number of unbranched alkanes of at least 4 members (excludes halogenated alkanes) is 7. The van der Waals surface area contributed by atoms with Gasteiger partial charge in [0, 0.05) is 6.42 Å². The highest BCUT2D eigenvalue weighted by molar-refractivity contribution is 6.32. The predicted octanol–water partition coefficient (Wildman–Crippen LogP) is 5.06. The molecule has 0 radical (unpaired) electrons. The molecule has 0 aromatic carbocycles. The zero-order valence-corrected chi connectivity index (χ0v) is 13.4. The van der Waals surface area contributed by atoms with Crippen molar-refractivity contribution in [3.8, 4) is 0 Å². The number of allylic oxidation sites excluding steroid dienone is 4. The fraction of sp³-hybridized carbons (Fsp3) is 0.667. The molecular formula is C18H30O3. The number of hydrogen-bond acceptors (Lipinski definition) is 2. The highest BCUT2D eigenvalue weighted by Crippen LogP contribution is 2.07. The van der Waals surface area contributed by atoms with Gasteiger partial charge in [0.05, 0.1) is 0 Å². The molecule has 0 unspecified atom stereocenters. The minimum atomic E-state index is -1.30. The number of rotatable bonds is 14. The van der Waals surface area contributed by atoms with Crippen LogP contribution < -0.4 is 0 Å². The maximum atomic E-state index is 10.8. The molecule has 120 valence electrons. The van der Waals surface area contributed by atoms with E-state index in [2.05, 4.69) is 31.2 Å². The topological polar surface area (TPSA) is 54.4 Å². The molecule has 0 heterocycles. The third-order valence-corrected chi connectivity index (χ3v) is 3.34. The Bertz CT molecular complexity index is 329. The van der Waals surface area contributed by atoms with E-state index in [0.717, 1.165) is 32.1 Å². The number of hydrogen-bond donors (Lipinski definition) is 1. The zero-order valence-electron chi connectivity index (χ0n) is 13.4. The summed E-state index contributed by atoms with van der Waals surface area (Å²) in [5.74, 6) is -1.97. The van der Waals surface area contributed by atoms with Crippen molar-refractivity contribution in [2.24, 2.45) is 0 Å². The van der Waals surface area contributed by atoms with Crippen LogP contribution in [-0.2, 0) is 9.59 Å².